The molecule has 1 N–H and O–H groups in total. The lowest BCUT2D eigenvalue weighted by molar-refractivity contribution is -0.162. The third-order valence-electron chi connectivity index (χ3n) is 2.52. The number of nitrogens with one attached hydrogen (secondary N) is 1. The molecule has 1 rings (SSSR count). The Bertz CT molecular complexity index is 442. The summed E-state index contributed by atoms with van der Waals surface area (Å²) in [6.07, 6.45) is 9.30. The summed E-state index contributed by atoms with van der Waals surface area (Å²) >= 11 is 0. The van der Waals surface area contributed by atoms with Crippen LogP contribution in [0.5, 0.6) is 0 Å². The quantitative estimate of drug-likeness (QED) is 0.443. The molecule has 0 radical (unpaired) electrons. The number of alkyl carbamates (subject to hydrolysis) is 1. The third-order valence-corrected chi connectivity index (χ3v) is 2.52. The van der Waals surface area contributed by atoms with Crippen molar-refractivity contribution in [3.63, 3.8) is 0 Å². The number of ether oxygens (including phenoxy) is 3. The summed E-state index contributed by atoms with van der Waals surface area (Å²) in [5.41, 5.74) is 0. The zero-order valence-corrected chi connectivity index (χ0v) is 13.7. The van der Waals surface area contributed by atoms with Crippen molar-refractivity contribution < 1.29 is 23.8 Å². The summed E-state index contributed by atoms with van der Waals surface area (Å²) in [7, 11) is 0. The average molecular weight is 323 g/mol. The summed E-state index contributed by atoms with van der Waals surface area (Å²) in [5.74, 6) is -0.408. The van der Waals surface area contributed by atoms with E-state index in [-0.39, 0.29) is 13.0 Å². The first-order valence-corrected chi connectivity index (χ1v) is 7.29. The lowest BCUT2D eigenvalue weighted by Gasteiger charge is -2.17. The van der Waals surface area contributed by atoms with Gasteiger partial charge in [-0.25, -0.2) is 4.79 Å². The van der Waals surface area contributed by atoms with Crippen LogP contribution in [0.1, 0.15) is 20.3 Å². The maximum Gasteiger partial charge on any atom is 0.407 e. The summed E-state index contributed by atoms with van der Waals surface area (Å²) in [4.78, 5) is 22.5. The highest BCUT2D eigenvalue weighted by Gasteiger charge is 2.36. The minimum absolute atomic E-state index is 0.0731. The van der Waals surface area contributed by atoms with Gasteiger partial charge in [-0.05, 0) is 13.8 Å². The molecule has 0 bridgehead atoms. The minimum Gasteiger partial charge on any atom is -0.445 e. The van der Waals surface area contributed by atoms with Gasteiger partial charge in [0.2, 0.25) is 6.29 Å². The molecule has 1 amide bonds. The Morgan fingerprint density at radius 1 is 1.35 bits per heavy atom. The number of amides is 1. The zero-order chi connectivity index (χ0) is 17.5. The van der Waals surface area contributed by atoms with Crippen molar-refractivity contribution in [2.45, 2.75) is 32.6 Å². The molecule has 2 atom stereocenters. The van der Waals surface area contributed by atoms with Crippen molar-refractivity contribution in [2.24, 2.45) is 0 Å². The maximum atomic E-state index is 11.3. The number of rotatable bonds is 7. The van der Waals surface area contributed by atoms with E-state index in [1.807, 2.05) is 32.1 Å². The maximum absolute atomic E-state index is 11.3. The normalized spacial score (nSPS) is 19.8. The molecular formula is C17H25NO5. The molecule has 6 heteroatoms. The standard InChI is InChI=1S/C12H17NO5.C5H8/c1-3-5-7-16-11-9(8-10(14)18-11)13-12(15)17-6-4-2;1-3-5-4-2/h3-5,9,11H,2,6-8H2,1H3,(H,13,15);3-5H,1H2,2H3/b5-3+;5-4-. The van der Waals surface area contributed by atoms with Gasteiger partial charge in [0, 0.05) is 0 Å². The van der Waals surface area contributed by atoms with Crippen LogP contribution in [0.2, 0.25) is 0 Å². The molecule has 0 aliphatic carbocycles. The molecule has 1 saturated heterocycles. The Kier molecular flexibility index (Phi) is 12.0. The van der Waals surface area contributed by atoms with Gasteiger partial charge in [0.25, 0.3) is 0 Å². The molecule has 0 spiro atoms. The van der Waals surface area contributed by atoms with Crippen LogP contribution in [0.4, 0.5) is 4.79 Å². The molecule has 1 aliphatic rings. The number of cyclic esters (lactones) is 1. The van der Waals surface area contributed by atoms with Gasteiger partial charge in [0.1, 0.15) is 12.6 Å². The predicted molar refractivity (Wildman–Crippen MR) is 88.7 cm³/mol. The topological polar surface area (TPSA) is 73.9 Å². The first kappa shape index (κ1) is 20.7. The second-order valence-electron chi connectivity index (χ2n) is 4.36. The van der Waals surface area contributed by atoms with Crippen LogP contribution in [-0.2, 0) is 19.0 Å². The number of hydrogen-bond donors (Lipinski definition) is 1. The minimum atomic E-state index is -0.773. The fraction of sp³-hybridized carbons (Fsp3) is 0.412. The van der Waals surface area contributed by atoms with E-state index in [1.165, 1.54) is 6.08 Å². The summed E-state index contributed by atoms with van der Waals surface area (Å²) in [5, 5.41) is 2.52. The van der Waals surface area contributed by atoms with E-state index in [4.69, 9.17) is 14.2 Å². The van der Waals surface area contributed by atoms with Crippen molar-refractivity contribution in [2.75, 3.05) is 13.2 Å². The first-order chi connectivity index (χ1) is 11.1. The van der Waals surface area contributed by atoms with Gasteiger partial charge in [-0.3, -0.25) is 4.79 Å². The fourth-order valence-electron chi connectivity index (χ4n) is 1.52. The van der Waals surface area contributed by atoms with Crippen LogP contribution < -0.4 is 5.32 Å². The van der Waals surface area contributed by atoms with Gasteiger partial charge in [-0.15, -0.1) is 0 Å². The molecule has 2 unspecified atom stereocenters. The third kappa shape index (κ3) is 10.1. The van der Waals surface area contributed by atoms with Gasteiger partial charge in [0.15, 0.2) is 0 Å². The van der Waals surface area contributed by atoms with Crippen LogP contribution in [0.3, 0.4) is 0 Å². The molecule has 1 fully saturated rings. The van der Waals surface area contributed by atoms with Crippen molar-refractivity contribution in [3.05, 3.63) is 49.6 Å². The van der Waals surface area contributed by atoms with E-state index in [0.717, 1.165) is 0 Å². The Labute approximate surface area is 137 Å². The molecule has 1 aliphatic heterocycles. The number of esters is 1. The van der Waals surface area contributed by atoms with E-state index >= 15 is 0 Å². The number of carbonyl (C=O) groups excluding carboxylic acids is 2. The Balaban J connectivity index is 0.000000841. The molecule has 0 aromatic heterocycles. The van der Waals surface area contributed by atoms with Crippen molar-refractivity contribution in [3.8, 4) is 0 Å². The molecule has 128 valence electrons. The fourth-order valence-corrected chi connectivity index (χ4v) is 1.52. The van der Waals surface area contributed by atoms with Crippen molar-refractivity contribution in [1.29, 1.82) is 0 Å². The Hall–Kier alpha value is -2.34. The summed E-state index contributed by atoms with van der Waals surface area (Å²) < 4.78 is 15.0. The molecular weight excluding hydrogens is 298 g/mol. The van der Waals surface area contributed by atoms with Gasteiger partial charge in [-0.1, -0.05) is 49.6 Å². The van der Waals surface area contributed by atoms with Crippen molar-refractivity contribution >= 4 is 12.1 Å². The van der Waals surface area contributed by atoms with Gasteiger partial charge >= 0.3 is 12.1 Å². The molecule has 23 heavy (non-hydrogen) atoms. The van der Waals surface area contributed by atoms with Gasteiger partial charge in [-0.2, -0.15) is 0 Å². The highest BCUT2D eigenvalue weighted by Crippen LogP contribution is 2.16. The van der Waals surface area contributed by atoms with Crippen LogP contribution >= 0.6 is 0 Å². The monoisotopic (exact) mass is 323 g/mol. The molecule has 1 heterocycles. The lowest BCUT2D eigenvalue weighted by Crippen LogP contribution is -2.42. The lowest BCUT2D eigenvalue weighted by atomic mass is 10.2. The molecule has 0 aromatic rings. The highest BCUT2D eigenvalue weighted by atomic mass is 16.7. The molecule has 0 aromatic carbocycles. The van der Waals surface area contributed by atoms with E-state index < -0.39 is 24.4 Å². The van der Waals surface area contributed by atoms with Gasteiger partial charge < -0.3 is 19.5 Å². The predicted octanol–water partition coefficient (Wildman–Crippen LogP) is 2.88. The zero-order valence-electron chi connectivity index (χ0n) is 13.7. The van der Waals surface area contributed by atoms with E-state index in [2.05, 4.69) is 18.5 Å². The summed E-state index contributed by atoms with van der Waals surface area (Å²) in [6, 6.07) is -0.528. The van der Waals surface area contributed by atoms with E-state index in [9.17, 15) is 9.59 Å². The van der Waals surface area contributed by atoms with Crippen molar-refractivity contribution in [1.82, 2.24) is 5.32 Å². The highest BCUT2D eigenvalue weighted by molar-refractivity contribution is 5.75. The Morgan fingerprint density at radius 2 is 2.09 bits per heavy atom. The number of allylic oxidation sites excluding steroid dienone is 4. The van der Waals surface area contributed by atoms with E-state index in [1.54, 1.807) is 12.2 Å². The van der Waals surface area contributed by atoms with Crippen LogP contribution in [0.25, 0.3) is 0 Å². The van der Waals surface area contributed by atoms with Gasteiger partial charge in [0.05, 0.1) is 13.0 Å². The van der Waals surface area contributed by atoms with Crippen LogP contribution in [0, 0.1) is 0 Å². The van der Waals surface area contributed by atoms with Crippen LogP contribution in [-0.4, -0.2) is 37.6 Å². The number of hydrogen-bond acceptors (Lipinski definition) is 5. The summed E-state index contributed by atoms with van der Waals surface area (Å²) in [6.45, 7) is 11.1. The molecule has 0 saturated carbocycles. The Morgan fingerprint density at radius 3 is 2.61 bits per heavy atom. The smallest absolute Gasteiger partial charge is 0.407 e. The average Bonchev–Trinajstić information content (AvgIpc) is 2.86. The molecule has 6 nitrogen and oxygen atoms in total. The second kappa shape index (κ2) is 13.3. The largest absolute Gasteiger partial charge is 0.445 e. The second-order valence-corrected chi connectivity index (χ2v) is 4.36. The van der Waals surface area contributed by atoms with Crippen LogP contribution in [0.15, 0.2) is 49.6 Å². The first-order valence-electron chi connectivity index (χ1n) is 7.29. The SMILES string of the molecule is C=C/C=C\C.C=CCOC(=O)NC1CC(=O)OC1OC/C=C/C. The number of carbonyl (C=O) groups is 2. The van der Waals surface area contributed by atoms with E-state index in [0.29, 0.717) is 6.61 Å².